The number of phenolic OH excluding ortho intramolecular Hbond substituents is 1. The zero-order chi connectivity index (χ0) is 15.0. The average molecular weight is 289 g/mol. The molecule has 0 spiro atoms. The van der Waals surface area contributed by atoms with E-state index in [-0.39, 0.29) is 17.6 Å². The van der Waals surface area contributed by atoms with Crippen LogP contribution in [0, 0.1) is 0 Å². The van der Waals surface area contributed by atoms with Crippen LogP contribution in [0.3, 0.4) is 0 Å². The third-order valence-corrected chi connectivity index (χ3v) is 4.20. The van der Waals surface area contributed by atoms with Crippen LogP contribution in [0.2, 0.25) is 0 Å². The van der Waals surface area contributed by atoms with Gasteiger partial charge >= 0.3 is 0 Å². The van der Waals surface area contributed by atoms with Gasteiger partial charge in [-0.25, -0.2) is 0 Å². The maximum atomic E-state index is 12.3. The predicted octanol–water partition coefficient (Wildman–Crippen LogP) is 0.168. The van der Waals surface area contributed by atoms with Crippen LogP contribution in [0.1, 0.15) is 23.2 Å². The fourth-order valence-electron chi connectivity index (χ4n) is 2.60. The molecule has 112 valence electrons. The number of para-hydroxylation sites is 1. The molecule has 2 fully saturated rings. The SMILES string of the molecule is NC1(C(=O)N2CCN(C(=O)c3ccccc3O)CC2)CC1. The average Bonchev–Trinajstić information content (AvgIpc) is 3.26. The van der Waals surface area contributed by atoms with E-state index in [1.165, 1.54) is 6.07 Å². The van der Waals surface area contributed by atoms with E-state index in [1.807, 2.05) is 0 Å². The summed E-state index contributed by atoms with van der Waals surface area (Å²) < 4.78 is 0. The first-order chi connectivity index (χ1) is 10.0. The minimum atomic E-state index is -0.649. The first-order valence-electron chi connectivity index (χ1n) is 7.17. The molecule has 1 aliphatic carbocycles. The molecule has 0 atom stereocenters. The van der Waals surface area contributed by atoms with Crippen molar-refractivity contribution in [1.29, 1.82) is 0 Å². The van der Waals surface area contributed by atoms with Crippen LogP contribution in [0.15, 0.2) is 24.3 Å². The third kappa shape index (κ3) is 2.58. The number of nitrogens with zero attached hydrogens (tertiary/aromatic N) is 2. The monoisotopic (exact) mass is 289 g/mol. The highest BCUT2D eigenvalue weighted by Crippen LogP contribution is 2.34. The number of hydrogen-bond acceptors (Lipinski definition) is 4. The number of rotatable bonds is 2. The molecular weight excluding hydrogens is 270 g/mol. The lowest BCUT2D eigenvalue weighted by atomic mass is 10.1. The van der Waals surface area contributed by atoms with E-state index in [9.17, 15) is 14.7 Å². The summed E-state index contributed by atoms with van der Waals surface area (Å²) in [6.45, 7) is 1.93. The zero-order valence-electron chi connectivity index (χ0n) is 11.8. The molecular formula is C15H19N3O3. The molecule has 3 N–H and O–H groups in total. The molecule has 1 aromatic carbocycles. The molecule has 1 saturated heterocycles. The van der Waals surface area contributed by atoms with Gasteiger partial charge in [-0.3, -0.25) is 9.59 Å². The second-order valence-corrected chi connectivity index (χ2v) is 5.76. The van der Waals surface area contributed by atoms with Crippen LogP contribution < -0.4 is 5.73 Å². The van der Waals surface area contributed by atoms with Gasteiger partial charge in [0.05, 0.1) is 11.1 Å². The van der Waals surface area contributed by atoms with E-state index >= 15 is 0 Å². The first-order valence-corrected chi connectivity index (χ1v) is 7.17. The van der Waals surface area contributed by atoms with Gasteiger partial charge in [0, 0.05) is 26.2 Å². The molecule has 1 aromatic rings. The van der Waals surface area contributed by atoms with E-state index in [0.717, 1.165) is 12.8 Å². The van der Waals surface area contributed by atoms with Crippen LogP contribution in [0.5, 0.6) is 5.75 Å². The molecule has 0 unspecified atom stereocenters. The molecule has 21 heavy (non-hydrogen) atoms. The van der Waals surface area contributed by atoms with Crippen molar-refractivity contribution in [3.8, 4) is 5.75 Å². The maximum Gasteiger partial charge on any atom is 0.257 e. The Morgan fingerprint density at radius 3 is 2.19 bits per heavy atom. The summed E-state index contributed by atoms with van der Waals surface area (Å²) in [6, 6.07) is 6.50. The summed E-state index contributed by atoms with van der Waals surface area (Å²) in [5.41, 5.74) is 5.57. The predicted molar refractivity (Wildman–Crippen MR) is 76.7 cm³/mol. The van der Waals surface area contributed by atoms with Crippen LogP contribution in [0.25, 0.3) is 0 Å². The van der Waals surface area contributed by atoms with Gasteiger partial charge in [0.1, 0.15) is 5.75 Å². The van der Waals surface area contributed by atoms with E-state index in [1.54, 1.807) is 28.0 Å². The summed E-state index contributed by atoms with van der Waals surface area (Å²) in [4.78, 5) is 27.9. The van der Waals surface area contributed by atoms with E-state index < -0.39 is 5.54 Å². The fraction of sp³-hybridized carbons (Fsp3) is 0.467. The lowest BCUT2D eigenvalue weighted by Crippen LogP contribution is -2.55. The minimum absolute atomic E-state index is 0.00263. The summed E-state index contributed by atoms with van der Waals surface area (Å²) in [5, 5.41) is 9.74. The Balaban J connectivity index is 1.62. The van der Waals surface area contributed by atoms with Gasteiger partial charge in [0.2, 0.25) is 5.91 Å². The van der Waals surface area contributed by atoms with Crippen molar-refractivity contribution in [2.45, 2.75) is 18.4 Å². The number of carbonyl (C=O) groups is 2. The standard InChI is InChI=1S/C15H19N3O3/c16-15(5-6-15)14(21)18-9-7-17(8-10-18)13(20)11-3-1-2-4-12(11)19/h1-4,19H,5-10,16H2. The molecule has 3 rings (SSSR count). The van der Waals surface area contributed by atoms with Crippen molar-refractivity contribution in [1.82, 2.24) is 9.80 Å². The van der Waals surface area contributed by atoms with Crippen LogP contribution in [-0.4, -0.2) is 58.4 Å². The number of carbonyl (C=O) groups excluding carboxylic acids is 2. The molecule has 1 saturated carbocycles. The Morgan fingerprint density at radius 1 is 1.05 bits per heavy atom. The molecule has 6 heteroatoms. The number of hydrogen-bond donors (Lipinski definition) is 2. The van der Waals surface area contributed by atoms with Crippen molar-refractivity contribution in [3.63, 3.8) is 0 Å². The Labute approximate surface area is 123 Å². The van der Waals surface area contributed by atoms with Gasteiger partial charge in [0.15, 0.2) is 0 Å². The van der Waals surface area contributed by atoms with Crippen molar-refractivity contribution in [2.24, 2.45) is 5.73 Å². The largest absolute Gasteiger partial charge is 0.507 e. The van der Waals surface area contributed by atoms with E-state index in [2.05, 4.69) is 0 Å². The quantitative estimate of drug-likeness (QED) is 0.812. The maximum absolute atomic E-state index is 12.3. The summed E-state index contributed by atoms with van der Waals surface area (Å²) in [7, 11) is 0. The molecule has 0 radical (unpaired) electrons. The number of aromatic hydroxyl groups is 1. The molecule has 2 aliphatic rings. The molecule has 0 bridgehead atoms. The highest BCUT2D eigenvalue weighted by Gasteiger charge is 2.48. The van der Waals surface area contributed by atoms with Crippen molar-refractivity contribution >= 4 is 11.8 Å². The number of nitrogens with two attached hydrogens (primary N) is 1. The molecule has 2 amide bonds. The minimum Gasteiger partial charge on any atom is -0.507 e. The van der Waals surface area contributed by atoms with Gasteiger partial charge in [-0.15, -0.1) is 0 Å². The first kappa shape index (κ1) is 13.9. The van der Waals surface area contributed by atoms with Gasteiger partial charge in [0.25, 0.3) is 5.91 Å². The lowest BCUT2D eigenvalue weighted by molar-refractivity contribution is -0.135. The number of piperazine rings is 1. The Bertz CT molecular complexity index is 575. The van der Waals surface area contributed by atoms with Gasteiger partial charge < -0.3 is 20.6 Å². The molecule has 0 aromatic heterocycles. The van der Waals surface area contributed by atoms with Gasteiger partial charge in [-0.1, -0.05) is 12.1 Å². The van der Waals surface area contributed by atoms with Crippen LogP contribution >= 0.6 is 0 Å². The fourth-order valence-corrected chi connectivity index (χ4v) is 2.60. The number of amides is 2. The van der Waals surface area contributed by atoms with Crippen LogP contribution in [-0.2, 0) is 4.79 Å². The zero-order valence-corrected chi connectivity index (χ0v) is 11.8. The lowest BCUT2D eigenvalue weighted by Gasteiger charge is -2.36. The number of phenols is 1. The highest BCUT2D eigenvalue weighted by molar-refractivity contribution is 5.97. The molecule has 1 heterocycles. The van der Waals surface area contributed by atoms with Crippen LogP contribution in [0.4, 0.5) is 0 Å². The second-order valence-electron chi connectivity index (χ2n) is 5.76. The smallest absolute Gasteiger partial charge is 0.257 e. The highest BCUT2D eigenvalue weighted by atomic mass is 16.3. The summed E-state index contributed by atoms with van der Waals surface area (Å²) in [6.07, 6.45) is 1.51. The van der Waals surface area contributed by atoms with E-state index in [4.69, 9.17) is 5.73 Å². The van der Waals surface area contributed by atoms with Crippen molar-refractivity contribution in [3.05, 3.63) is 29.8 Å². The second kappa shape index (κ2) is 5.04. The Hall–Kier alpha value is -2.08. The Morgan fingerprint density at radius 2 is 1.62 bits per heavy atom. The molecule has 1 aliphatic heterocycles. The summed E-state index contributed by atoms with van der Waals surface area (Å²) in [5.74, 6) is -0.217. The third-order valence-electron chi connectivity index (χ3n) is 4.20. The number of benzene rings is 1. The van der Waals surface area contributed by atoms with Crippen molar-refractivity contribution < 1.29 is 14.7 Å². The van der Waals surface area contributed by atoms with Gasteiger partial charge in [-0.05, 0) is 25.0 Å². The Kier molecular flexibility index (Phi) is 3.33. The van der Waals surface area contributed by atoms with E-state index in [0.29, 0.717) is 31.7 Å². The van der Waals surface area contributed by atoms with Gasteiger partial charge in [-0.2, -0.15) is 0 Å². The van der Waals surface area contributed by atoms with Crippen molar-refractivity contribution in [2.75, 3.05) is 26.2 Å². The topological polar surface area (TPSA) is 86.9 Å². The molecule has 6 nitrogen and oxygen atoms in total. The normalized spacial score (nSPS) is 20.2. The summed E-state index contributed by atoms with van der Waals surface area (Å²) >= 11 is 0.